The lowest BCUT2D eigenvalue weighted by Crippen LogP contribution is -2.57. The van der Waals surface area contributed by atoms with Crippen LogP contribution in [0.5, 0.6) is 5.75 Å². The van der Waals surface area contributed by atoms with Crippen molar-refractivity contribution in [1.82, 2.24) is 15.1 Å². The molecule has 1 aliphatic carbocycles. The van der Waals surface area contributed by atoms with E-state index in [0.717, 1.165) is 58.5 Å². The summed E-state index contributed by atoms with van der Waals surface area (Å²) >= 11 is 0. The Bertz CT molecular complexity index is 803. The van der Waals surface area contributed by atoms with Crippen LogP contribution in [-0.2, 0) is 14.3 Å². The van der Waals surface area contributed by atoms with E-state index in [9.17, 15) is 9.59 Å². The fourth-order valence-electron chi connectivity index (χ4n) is 4.96. The Morgan fingerprint density at radius 1 is 1.22 bits per heavy atom. The second kappa shape index (κ2) is 10.2. The second-order valence-corrected chi connectivity index (χ2v) is 9.11. The van der Waals surface area contributed by atoms with Gasteiger partial charge in [-0.05, 0) is 49.8 Å². The molecule has 1 aromatic carbocycles. The average molecular weight is 446 g/mol. The van der Waals surface area contributed by atoms with E-state index in [1.165, 1.54) is 0 Å². The summed E-state index contributed by atoms with van der Waals surface area (Å²) in [5, 5.41) is 3.04. The van der Waals surface area contributed by atoms with Gasteiger partial charge in [0.15, 0.2) is 0 Å². The fourth-order valence-corrected chi connectivity index (χ4v) is 4.96. The molecule has 1 saturated carbocycles. The second-order valence-electron chi connectivity index (χ2n) is 9.11. The van der Waals surface area contributed by atoms with Gasteiger partial charge in [-0.15, -0.1) is 0 Å². The van der Waals surface area contributed by atoms with E-state index >= 15 is 0 Å². The number of amides is 2. The highest BCUT2D eigenvalue weighted by Gasteiger charge is 2.53. The number of carbonyl (C=O) groups excluding carboxylic acids is 2. The Labute approximate surface area is 190 Å². The predicted octanol–water partition coefficient (Wildman–Crippen LogP) is 1.89. The van der Waals surface area contributed by atoms with E-state index in [4.69, 9.17) is 14.2 Å². The van der Waals surface area contributed by atoms with Gasteiger partial charge in [0.05, 0.1) is 26.9 Å². The smallest absolute Gasteiger partial charge is 0.257 e. The van der Waals surface area contributed by atoms with Crippen molar-refractivity contribution < 1.29 is 23.8 Å². The van der Waals surface area contributed by atoms with Gasteiger partial charge < -0.3 is 19.5 Å². The number of carbonyl (C=O) groups is 2. The highest BCUT2D eigenvalue weighted by Crippen LogP contribution is 2.43. The van der Waals surface area contributed by atoms with Gasteiger partial charge in [-0.3, -0.25) is 19.4 Å². The summed E-state index contributed by atoms with van der Waals surface area (Å²) in [5.41, 5.74) is -0.197. The van der Waals surface area contributed by atoms with Crippen LogP contribution >= 0.6 is 0 Å². The number of hydrogen-bond acceptors (Lipinski definition) is 6. The topological polar surface area (TPSA) is 80.3 Å². The third kappa shape index (κ3) is 4.92. The van der Waals surface area contributed by atoms with E-state index in [2.05, 4.69) is 17.1 Å². The van der Waals surface area contributed by atoms with Crippen LogP contribution in [0.1, 0.15) is 43.0 Å². The number of hydrogen-bond donors (Lipinski definition) is 1. The molecule has 2 amide bonds. The van der Waals surface area contributed by atoms with Crippen molar-refractivity contribution in [1.29, 1.82) is 0 Å². The molecule has 176 valence electrons. The van der Waals surface area contributed by atoms with Crippen molar-refractivity contribution in [3.8, 4) is 5.75 Å². The summed E-state index contributed by atoms with van der Waals surface area (Å²) in [4.78, 5) is 30.9. The zero-order valence-corrected chi connectivity index (χ0v) is 19.2. The van der Waals surface area contributed by atoms with Crippen molar-refractivity contribution in [3.63, 3.8) is 0 Å². The summed E-state index contributed by atoms with van der Waals surface area (Å²) < 4.78 is 16.9. The van der Waals surface area contributed by atoms with E-state index < -0.39 is 11.8 Å². The Kier molecular flexibility index (Phi) is 7.33. The van der Waals surface area contributed by atoms with Crippen molar-refractivity contribution in [2.45, 2.75) is 44.4 Å². The summed E-state index contributed by atoms with van der Waals surface area (Å²) in [5.74, 6) is 0.891. The molecule has 1 atom stereocenters. The van der Waals surface area contributed by atoms with Crippen molar-refractivity contribution >= 4 is 11.8 Å². The maximum Gasteiger partial charge on any atom is 0.257 e. The Morgan fingerprint density at radius 3 is 2.69 bits per heavy atom. The number of ether oxygens (including phenoxy) is 3. The number of nitrogens with one attached hydrogen (secondary N) is 1. The minimum atomic E-state index is -0.709. The van der Waals surface area contributed by atoms with Crippen LogP contribution in [0.3, 0.4) is 0 Å². The summed E-state index contributed by atoms with van der Waals surface area (Å²) in [7, 11) is 1.58. The van der Waals surface area contributed by atoms with Crippen molar-refractivity contribution in [3.05, 3.63) is 29.8 Å². The SMILES string of the molecule is COc1cccc(C(=O)N2[C@H](C(=O)NCCN3CCOCC3)COC23CCC(C)CC3)c1. The molecule has 4 rings (SSSR count). The molecule has 1 N–H and O–H groups in total. The lowest BCUT2D eigenvalue weighted by atomic mass is 9.83. The fraction of sp³-hybridized carbons (Fsp3) is 0.667. The van der Waals surface area contributed by atoms with Gasteiger partial charge in [-0.1, -0.05) is 13.0 Å². The highest BCUT2D eigenvalue weighted by molar-refractivity contribution is 5.98. The van der Waals surface area contributed by atoms with Crippen molar-refractivity contribution in [2.24, 2.45) is 5.92 Å². The summed E-state index contributed by atoms with van der Waals surface area (Å²) in [6.45, 7) is 6.99. The summed E-state index contributed by atoms with van der Waals surface area (Å²) in [6, 6.07) is 6.48. The molecule has 0 radical (unpaired) electrons. The molecular formula is C24H35N3O5. The van der Waals surface area contributed by atoms with E-state index in [1.54, 1.807) is 30.2 Å². The van der Waals surface area contributed by atoms with Gasteiger partial charge in [-0.2, -0.15) is 0 Å². The molecule has 8 nitrogen and oxygen atoms in total. The Balaban J connectivity index is 1.49. The van der Waals surface area contributed by atoms with Gasteiger partial charge in [-0.25, -0.2) is 0 Å². The molecular weight excluding hydrogens is 410 g/mol. The first-order valence-corrected chi connectivity index (χ1v) is 11.7. The van der Waals surface area contributed by atoms with E-state index in [0.29, 0.717) is 23.8 Å². The third-order valence-electron chi connectivity index (χ3n) is 6.99. The van der Waals surface area contributed by atoms with Crippen LogP contribution in [0.4, 0.5) is 0 Å². The van der Waals surface area contributed by atoms with E-state index in [-0.39, 0.29) is 18.4 Å². The minimum absolute atomic E-state index is 0.148. The number of methoxy groups -OCH3 is 1. The largest absolute Gasteiger partial charge is 0.497 e. The van der Waals surface area contributed by atoms with Crippen LogP contribution in [-0.4, -0.2) is 86.5 Å². The van der Waals surface area contributed by atoms with Crippen LogP contribution in [0.25, 0.3) is 0 Å². The van der Waals surface area contributed by atoms with Crippen LogP contribution in [0, 0.1) is 5.92 Å². The van der Waals surface area contributed by atoms with Gasteiger partial charge in [0.2, 0.25) is 5.91 Å². The molecule has 0 aromatic heterocycles. The molecule has 1 aromatic rings. The Morgan fingerprint density at radius 2 is 1.97 bits per heavy atom. The number of nitrogens with zero attached hydrogens (tertiary/aromatic N) is 2. The molecule has 3 fully saturated rings. The maximum atomic E-state index is 13.7. The molecule has 1 spiro atoms. The highest BCUT2D eigenvalue weighted by atomic mass is 16.5. The number of rotatable bonds is 6. The van der Waals surface area contributed by atoms with Gasteiger partial charge in [0.1, 0.15) is 17.5 Å². The standard InChI is InChI=1S/C24H35N3O5/c1-18-6-8-24(9-7-18)27(23(29)19-4-3-5-20(16-19)30-2)21(17-32-24)22(28)25-10-11-26-12-14-31-15-13-26/h3-5,16,18,21H,6-15,17H2,1-2H3,(H,25,28)/t18?,21-,24?/m0/s1. The average Bonchev–Trinajstić information content (AvgIpc) is 3.20. The molecule has 2 heterocycles. The van der Waals surface area contributed by atoms with Gasteiger partial charge in [0, 0.05) is 31.7 Å². The monoisotopic (exact) mass is 445 g/mol. The van der Waals surface area contributed by atoms with E-state index in [1.807, 2.05) is 6.07 Å². The quantitative estimate of drug-likeness (QED) is 0.720. The van der Waals surface area contributed by atoms with Crippen LogP contribution in [0.15, 0.2) is 24.3 Å². The molecule has 32 heavy (non-hydrogen) atoms. The van der Waals surface area contributed by atoms with Crippen LogP contribution < -0.4 is 10.1 Å². The molecule has 3 aliphatic rings. The number of benzene rings is 1. The van der Waals surface area contributed by atoms with Gasteiger partial charge >= 0.3 is 0 Å². The first-order valence-electron chi connectivity index (χ1n) is 11.7. The third-order valence-corrected chi connectivity index (χ3v) is 6.99. The summed E-state index contributed by atoms with van der Waals surface area (Å²) in [6.07, 6.45) is 3.46. The first-order chi connectivity index (χ1) is 15.5. The lowest BCUT2D eigenvalue weighted by Gasteiger charge is -2.43. The number of morpholine rings is 1. The molecule has 0 unspecified atom stereocenters. The molecule has 2 saturated heterocycles. The Hall–Kier alpha value is -2.16. The zero-order chi connectivity index (χ0) is 22.6. The molecule has 8 heteroatoms. The molecule has 2 aliphatic heterocycles. The van der Waals surface area contributed by atoms with Gasteiger partial charge in [0.25, 0.3) is 5.91 Å². The minimum Gasteiger partial charge on any atom is -0.497 e. The maximum absolute atomic E-state index is 13.7. The lowest BCUT2D eigenvalue weighted by molar-refractivity contribution is -0.127. The predicted molar refractivity (Wildman–Crippen MR) is 120 cm³/mol. The van der Waals surface area contributed by atoms with Crippen LogP contribution in [0.2, 0.25) is 0 Å². The van der Waals surface area contributed by atoms with Crippen molar-refractivity contribution in [2.75, 3.05) is 53.1 Å². The molecule has 0 bridgehead atoms. The first kappa shape index (κ1) is 23.0. The normalized spacial score (nSPS) is 28.6. The zero-order valence-electron chi connectivity index (χ0n) is 19.2.